The summed E-state index contributed by atoms with van der Waals surface area (Å²) in [6.07, 6.45) is 5.40. The van der Waals surface area contributed by atoms with Crippen molar-refractivity contribution < 1.29 is 14.3 Å². The second-order valence-electron chi connectivity index (χ2n) is 4.95. The number of benzene rings is 1. The van der Waals surface area contributed by atoms with E-state index in [4.69, 9.17) is 5.11 Å². The van der Waals surface area contributed by atoms with Crippen molar-refractivity contribution in [1.29, 1.82) is 0 Å². The fourth-order valence-electron chi connectivity index (χ4n) is 2.51. The van der Waals surface area contributed by atoms with Crippen LogP contribution >= 0.6 is 0 Å². The Labute approximate surface area is 106 Å². The summed E-state index contributed by atoms with van der Waals surface area (Å²) >= 11 is 0. The predicted molar refractivity (Wildman–Crippen MR) is 68.6 cm³/mol. The van der Waals surface area contributed by atoms with Crippen LogP contribution in [0.4, 0.5) is 10.1 Å². The van der Waals surface area contributed by atoms with Gasteiger partial charge >= 0.3 is 5.97 Å². The molecule has 0 aromatic heterocycles. The Morgan fingerprint density at radius 3 is 2.61 bits per heavy atom. The third kappa shape index (κ3) is 2.81. The van der Waals surface area contributed by atoms with Crippen molar-refractivity contribution in [3.05, 3.63) is 29.1 Å². The van der Waals surface area contributed by atoms with Crippen molar-refractivity contribution in [3.8, 4) is 0 Å². The normalized spacial score (nSPS) is 16.6. The Bertz CT molecular complexity index is 453. The van der Waals surface area contributed by atoms with Crippen LogP contribution in [-0.2, 0) is 0 Å². The van der Waals surface area contributed by atoms with E-state index >= 15 is 0 Å². The Kier molecular flexibility index (Phi) is 3.84. The van der Waals surface area contributed by atoms with Gasteiger partial charge in [0.2, 0.25) is 0 Å². The number of carbonyl (C=O) groups is 1. The average molecular weight is 251 g/mol. The monoisotopic (exact) mass is 251 g/mol. The SMILES string of the molecule is Cc1cc(F)c(NC2CCCCC2)c(C(=O)O)c1. The van der Waals surface area contributed by atoms with Gasteiger partial charge in [-0.05, 0) is 37.5 Å². The van der Waals surface area contributed by atoms with E-state index < -0.39 is 11.8 Å². The summed E-state index contributed by atoms with van der Waals surface area (Å²) in [7, 11) is 0. The quantitative estimate of drug-likeness (QED) is 0.863. The number of hydrogen-bond donors (Lipinski definition) is 2. The standard InChI is InChI=1S/C14H18FNO2/c1-9-7-11(14(17)18)13(12(15)8-9)16-10-5-3-2-4-6-10/h7-8,10,16H,2-6H2,1H3,(H,17,18). The Morgan fingerprint density at radius 2 is 2.00 bits per heavy atom. The summed E-state index contributed by atoms with van der Waals surface area (Å²) in [6.45, 7) is 1.69. The molecule has 0 saturated heterocycles. The van der Waals surface area contributed by atoms with Crippen LogP contribution in [0.15, 0.2) is 12.1 Å². The predicted octanol–water partition coefficient (Wildman–Crippen LogP) is 3.58. The van der Waals surface area contributed by atoms with Gasteiger partial charge in [0.1, 0.15) is 5.82 Å². The van der Waals surface area contributed by atoms with Crippen LogP contribution < -0.4 is 5.32 Å². The lowest BCUT2D eigenvalue weighted by Gasteiger charge is -2.25. The molecular weight excluding hydrogens is 233 g/mol. The zero-order valence-electron chi connectivity index (χ0n) is 10.5. The summed E-state index contributed by atoms with van der Waals surface area (Å²) in [5, 5.41) is 12.2. The molecule has 1 aliphatic carbocycles. The Balaban J connectivity index is 2.27. The first kappa shape index (κ1) is 12.9. The summed E-state index contributed by atoms with van der Waals surface area (Å²) in [5.74, 6) is -1.56. The fourth-order valence-corrected chi connectivity index (χ4v) is 2.51. The maximum Gasteiger partial charge on any atom is 0.337 e. The first-order valence-corrected chi connectivity index (χ1v) is 6.38. The van der Waals surface area contributed by atoms with Crippen molar-refractivity contribution in [2.75, 3.05) is 5.32 Å². The number of rotatable bonds is 3. The maximum atomic E-state index is 13.9. The van der Waals surface area contributed by atoms with E-state index in [-0.39, 0.29) is 17.3 Å². The van der Waals surface area contributed by atoms with Crippen LogP contribution in [0.3, 0.4) is 0 Å². The molecule has 1 aromatic carbocycles. The van der Waals surface area contributed by atoms with Crippen LogP contribution in [0, 0.1) is 12.7 Å². The molecule has 2 rings (SSSR count). The number of anilines is 1. The van der Waals surface area contributed by atoms with E-state index in [0.717, 1.165) is 25.7 Å². The molecule has 0 unspecified atom stereocenters. The van der Waals surface area contributed by atoms with E-state index in [1.54, 1.807) is 6.92 Å². The van der Waals surface area contributed by atoms with Crippen LogP contribution in [0.25, 0.3) is 0 Å². The molecule has 0 atom stereocenters. The molecule has 1 aliphatic rings. The smallest absolute Gasteiger partial charge is 0.337 e. The highest BCUT2D eigenvalue weighted by molar-refractivity contribution is 5.94. The molecule has 3 nitrogen and oxygen atoms in total. The molecule has 18 heavy (non-hydrogen) atoms. The topological polar surface area (TPSA) is 49.3 Å². The summed E-state index contributed by atoms with van der Waals surface area (Å²) < 4.78 is 13.9. The number of hydrogen-bond acceptors (Lipinski definition) is 2. The highest BCUT2D eigenvalue weighted by Crippen LogP contribution is 2.27. The largest absolute Gasteiger partial charge is 0.478 e. The van der Waals surface area contributed by atoms with Crippen molar-refractivity contribution in [1.82, 2.24) is 0 Å². The minimum Gasteiger partial charge on any atom is -0.478 e. The molecule has 1 fully saturated rings. The van der Waals surface area contributed by atoms with Crippen LogP contribution in [0.5, 0.6) is 0 Å². The van der Waals surface area contributed by atoms with Crippen molar-refractivity contribution >= 4 is 11.7 Å². The molecule has 0 aliphatic heterocycles. The minimum absolute atomic E-state index is 0.0260. The van der Waals surface area contributed by atoms with Crippen molar-refractivity contribution in [2.45, 2.75) is 45.1 Å². The van der Waals surface area contributed by atoms with E-state index in [1.165, 1.54) is 18.6 Å². The van der Waals surface area contributed by atoms with Gasteiger partial charge in [-0.15, -0.1) is 0 Å². The van der Waals surface area contributed by atoms with Gasteiger partial charge in [0.05, 0.1) is 11.3 Å². The lowest BCUT2D eigenvalue weighted by atomic mass is 9.95. The number of halogens is 1. The zero-order valence-corrected chi connectivity index (χ0v) is 10.5. The van der Waals surface area contributed by atoms with E-state index in [1.807, 2.05) is 0 Å². The van der Waals surface area contributed by atoms with Gasteiger partial charge in [0.15, 0.2) is 0 Å². The van der Waals surface area contributed by atoms with Gasteiger partial charge < -0.3 is 10.4 Å². The number of carboxylic acid groups (broad SMARTS) is 1. The van der Waals surface area contributed by atoms with E-state index in [9.17, 15) is 9.18 Å². The molecule has 0 spiro atoms. The molecular formula is C14H18FNO2. The van der Waals surface area contributed by atoms with Gasteiger partial charge in [-0.25, -0.2) is 9.18 Å². The summed E-state index contributed by atoms with van der Waals surface area (Å²) in [4.78, 5) is 11.2. The second kappa shape index (κ2) is 5.38. The van der Waals surface area contributed by atoms with Gasteiger partial charge in [-0.1, -0.05) is 19.3 Å². The molecule has 0 bridgehead atoms. The van der Waals surface area contributed by atoms with E-state index in [2.05, 4.69) is 5.32 Å². The van der Waals surface area contributed by atoms with Crippen LogP contribution in [-0.4, -0.2) is 17.1 Å². The van der Waals surface area contributed by atoms with E-state index in [0.29, 0.717) is 5.56 Å². The highest BCUT2D eigenvalue weighted by atomic mass is 19.1. The van der Waals surface area contributed by atoms with Gasteiger partial charge in [0, 0.05) is 6.04 Å². The van der Waals surface area contributed by atoms with Crippen molar-refractivity contribution in [2.24, 2.45) is 0 Å². The number of nitrogens with one attached hydrogen (secondary N) is 1. The molecule has 1 saturated carbocycles. The minimum atomic E-state index is -1.09. The number of aryl methyl sites for hydroxylation is 1. The lowest BCUT2D eigenvalue weighted by Crippen LogP contribution is -2.24. The number of aromatic carboxylic acids is 1. The average Bonchev–Trinajstić information content (AvgIpc) is 2.33. The van der Waals surface area contributed by atoms with Crippen LogP contribution in [0.1, 0.15) is 48.0 Å². The Morgan fingerprint density at radius 1 is 1.33 bits per heavy atom. The number of carboxylic acids is 1. The van der Waals surface area contributed by atoms with Gasteiger partial charge in [-0.3, -0.25) is 0 Å². The molecule has 98 valence electrons. The molecule has 2 N–H and O–H groups in total. The first-order chi connectivity index (χ1) is 8.58. The molecule has 0 radical (unpaired) electrons. The second-order valence-corrected chi connectivity index (χ2v) is 4.95. The zero-order chi connectivity index (χ0) is 13.1. The third-order valence-electron chi connectivity index (χ3n) is 3.42. The van der Waals surface area contributed by atoms with Crippen molar-refractivity contribution in [3.63, 3.8) is 0 Å². The molecule has 1 aromatic rings. The first-order valence-electron chi connectivity index (χ1n) is 6.38. The summed E-state index contributed by atoms with van der Waals surface area (Å²) in [5.41, 5.74) is 0.789. The highest BCUT2D eigenvalue weighted by Gasteiger charge is 2.20. The molecule has 0 amide bonds. The van der Waals surface area contributed by atoms with Crippen LogP contribution in [0.2, 0.25) is 0 Å². The Hall–Kier alpha value is -1.58. The third-order valence-corrected chi connectivity index (χ3v) is 3.42. The maximum absolute atomic E-state index is 13.9. The van der Waals surface area contributed by atoms with Gasteiger partial charge in [-0.2, -0.15) is 0 Å². The summed E-state index contributed by atoms with van der Waals surface area (Å²) in [6, 6.07) is 3.07. The molecule has 0 heterocycles. The lowest BCUT2D eigenvalue weighted by molar-refractivity contribution is 0.0697. The molecule has 4 heteroatoms. The fraction of sp³-hybridized carbons (Fsp3) is 0.500. The van der Waals surface area contributed by atoms with Gasteiger partial charge in [0.25, 0.3) is 0 Å².